The van der Waals surface area contributed by atoms with Crippen LogP contribution in [0.15, 0.2) is 24.3 Å². The van der Waals surface area contributed by atoms with E-state index in [1.165, 1.54) is 18.4 Å². The Morgan fingerprint density at radius 2 is 1.95 bits per heavy atom. The van der Waals surface area contributed by atoms with Crippen LogP contribution < -0.4 is 10.5 Å². The summed E-state index contributed by atoms with van der Waals surface area (Å²) in [7, 11) is 0. The lowest BCUT2D eigenvalue weighted by atomic mass is 9.83. The van der Waals surface area contributed by atoms with Crippen LogP contribution >= 0.6 is 0 Å². The van der Waals surface area contributed by atoms with E-state index in [4.69, 9.17) is 10.5 Å². The van der Waals surface area contributed by atoms with Crippen LogP contribution in [-0.2, 0) is 11.2 Å². The van der Waals surface area contributed by atoms with Crippen molar-refractivity contribution in [3.63, 3.8) is 0 Å². The highest BCUT2D eigenvalue weighted by Gasteiger charge is 2.31. The lowest BCUT2D eigenvalue weighted by Gasteiger charge is -2.26. The average molecular weight is 289 g/mol. The second kappa shape index (κ2) is 8.18. The van der Waals surface area contributed by atoms with Gasteiger partial charge in [-0.15, -0.1) is 0 Å². The molecule has 0 bridgehead atoms. The van der Waals surface area contributed by atoms with E-state index >= 15 is 0 Å². The smallest absolute Gasteiger partial charge is 0.129 e. The molecule has 0 atom stereocenters. The zero-order valence-corrected chi connectivity index (χ0v) is 12.9. The normalized spacial score (nSPS) is 18.0. The van der Waals surface area contributed by atoms with Crippen LogP contribution in [0.3, 0.4) is 0 Å². The minimum Gasteiger partial charge on any atom is -0.493 e. The molecule has 0 radical (unpaired) electrons. The fourth-order valence-corrected chi connectivity index (χ4v) is 3.05. The summed E-state index contributed by atoms with van der Waals surface area (Å²) >= 11 is 0. The highest BCUT2D eigenvalue weighted by atomic mass is 16.5. The van der Waals surface area contributed by atoms with Crippen molar-refractivity contribution >= 4 is 6.29 Å². The van der Waals surface area contributed by atoms with E-state index in [1.54, 1.807) is 0 Å². The second-order valence-corrected chi connectivity index (χ2v) is 6.22. The van der Waals surface area contributed by atoms with Gasteiger partial charge in [-0.3, -0.25) is 0 Å². The maximum Gasteiger partial charge on any atom is 0.129 e. The molecule has 0 heterocycles. The molecule has 0 aromatic heterocycles. The quantitative estimate of drug-likeness (QED) is 0.617. The van der Waals surface area contributed by atoms with Crippen LogP contribution in [0, 0.1) is 5.41 Å². The predicted molar refractivity (Wildman–Crippen MR) is 85.5 cm³/mol. The molecule has 0 saturated heterocycles. The Bertz CT molecular complexity index is 437. The van der Waals surface area contributed by atoms with Crippen LogP contribution in [0.5, 0.6) is 5.75 Å². The molecular weight excluding hydrogens is 262 g/mol. The zero-order valence-electron chi connectivity index (χ0n) is 12.9. The fourth-order valence-electron chi connectivity index (χ4n) is 3.05. The maximum absolute atomic E-state index is 11.6. The number of aldehydes is 1. The molecule has 21 heavy (non-hydrogen) atoms. The molecule has 0 unspecified atom stereocenters. The fraction of sp³-hybridized carbons (Fsp3) is 0.611. The summed E-state index contributed by atoms with van der Waals surface area (Å²) in [6, 6.07) is 8.16. The summed E-state index contributed by atoms with van der Waals surface area (Å²) in [5.41, 5.74) is 6.53. The van der Waals surface area contributed by atoms with E-state index < -0.39 is 0 Å². The van der Waals surface area contributed by atoms with Gasteiger partial charge in [0.05, 0.1) is 5.41 Å². The Balaban J connectivity index is 1.95. The Kier molecular flexibility index (Phi) is 6.24. The van der Waals surface area contributed by atoms with Crippen LogP contribution in [0.4, 0.5) is 0 Å². The van der Waals surface area contributed by atoms with Crippen LogP contribution in [0.1, 0.15) is 50.5 Å². The topological polar surface area (TPSA) is 52.3 Å². The minimum atomic E-state index is -0.274. The van der Waals surface area contributed by atoms with Gasteiger partial charge in [-0.25, -0.2) is 0 Å². The summed E-state index contributed by atoms with van der Waals surface area (Å²) in [5.74, 6) is 0.870. The molecule has 1 saturated carbocycles. The van der Waals surface area contributed by atoms with Crippen LogP contribution in [-0.4, -0.2) is 19.4 Å². The van der Waals surface area contributed by atoms with E-state index in [0.29, 0.717) is 13.2 Å². The molecule has 0 spiro atoms. The van der Waals surface area contributed by atoms with Crippen molar-refractivity contribution in [2.75, 3.05) is 13.2 Å². The number of aryl methyl sites for hydroxylation is 1. The number of hydrogen-bond donors (Lipinski definition) is 1. The summed E-state index contributed by atoms with van der Waals surface area (Å²) in [5, 5.41) is 0. The molecule has 116 valence electrons. The maximum atomic E-state index is 11.6. The van der Waals surface area contributed by atoms with Gasteiger partial charge in [-0.2, -0.15) is 0 Å². The molecular formula is C18H27NO2. The molecule has 3 heteroatoms. The highest BCUT2D eigenvalue weighted by Crippen LogP contribution is 2.34. The Hall–Kier alpha value is -1.35. The first-order valence-corrected chi connectivity index (χ1v) is 8.16. The summed E-state index contributed by atoms with van der Waals surface area (Å²) in [4.78, 5) is 11.6. The predicted octanol–water partition coefficient (Wildman–Crippen LogP) is 3.50. The van der Waals surface area contributed by atoms with Crippen molar-refractivity contribution in [1.82, 2.24) is 0 Å². The number of carbonyl (C=O) groups excluding carboxylic acids is 1. The minimum absolute atomic E-state index is 0.274. The van der Waals surface area contributed by atoms with Crippen molar-refractivity contribution in [2.24, 2.45) is 11.1 Å². The number of rotatable bonds is 7. The number of carbonyl (C=O) groups is 1. The Labute approximate surface area is 127 Å². The van der Waals surface area contributed by atoms with E-state index in [2.05, 4.69) is 12.1 Å². The van der Waals surface area contributed by atoms with Crippen molar-refractivity contribution < 1.29 is 9.53 Å². The van der Waals surface area contributed by atoms with E-state index in [9.17, 15) is 4.79 Å². The van der Waals surface area contributed by atoms with Gasteiger partial charge in [0.15, 0.2) is 0 Å². The summed E-state index contributed by atoms with van der Waals surface area (Å²) in [6.45, 7) is 1.22. The van der Waals surface area contributed by atoms with Crippen LogP contribution in [0.25, 0.3) is 0 Å². The van der Waals surface area contributed by atoms with Crippen molar-refractivity contribution in [1.29, 1.82) is 0 Å². The summed E-state index contributed by atoms with van der Waals surface area (Å²) < 4.78 is 5.95. The first-order valence-electron chi connectivity index (χ1n) is 8.16. The molecule has 1 aromatic carbocycles. The zero-order chi connectivity index (χ0) is 15.0. The van der Waals surface area contributed by atoms with E-state index in [-0.39, 0.29) is 5.41 Å². The first-order chi connectivity index (χ1) is 10.3. The van der Waals surface area contributed by atoms with Gasteiger partial charge in [-0.1, -0.05) is 37.8 Å². The van der Waals surface area contributed by atoms with Gasteiger partial charge in [-0.05, 0) is 49.9 Å². The number of nitrogens with two attached hydrogens (primary N) is 1. The standard InChI is InChI=1S/C18H27NO2/c19-12-6-8-16-7-5-9-17(13-16)21-15-18(14-20)10-3-1-2-4-11-18/h5,7,9,13-14H,1-4,6,8,10-12,15,19H2. The molecule has 0 aliphatic heterocycles. The molecule has 2 rings (SSSR count). The van der Waals surface area contributed by atoms with Crippen molar-refractivity contribution in [3.8, 4) is 5.75 Å². The largest absolute Gasteiger partial charge is 0.493 e. The average Bonchev–Trinajstić information content (AvgIpc) is 2.78. The van der Waals surface area contributed by atoms with Gasteiger partial charge in [0.2, 0.25) is 0 Å². The molecule has 0 amide bonds. The van der Waals surface area contributed by atoms with Crippen LogP contribution in [0.2, 0.25) is 0 Å². The van der Waals surface area contributed by atoms with Crippen molar-refractivity contribution in [3.05, 3.63) is 29.8 Å². The monoisotopic (exact) mass is 289 g/mol. The lowest BCUT2D eigenvalue weighted by molar-refractivity contribution is -0.118. The van der Waals surface area contributed by atoms with Gasteiger partial charge >= 0.3 is 0 Å². The van der Waals surface area contributed by atoms with Gasteiger partial charge in [0.25, 0.3) is 0 Å². The summed E-state index contributed by atoms with van der Waals surface area (Å²) in [6.07, 6.45) is 9.78. The van der Waals surface area contributed by atoms with Gasteiger partial charge in [0, 0.05) is 0 Å². The second-order valence-electron chi connectivity index (χ2n) is 6.22. The third-order valence-electron chi connectivity index (χ3n) is 4.44. The Morgan fingerprint density at radius 3 is 2.62 bits per heavy atom. The molecule has 1 aliphatic carbocycles. The molecule has 1 aromatic rings. The third-order valence-corrected chi connectivity index (χ3v) is 4.44. The number of hydrogen-bond acceptors (Lipinski definition) is 3. The highest BCUT2D eigenvalue weighted by molar-refractivity contribution is 5.59. The molecule has 2 N–H and O–H groups in total. The molecule has 1 fully saturated rings. The Morgan fingerprint density at radius 1 is 1.19 bits per heavy atom. The SMILES string of the molecule is NCCCc1cccc(OCC2(C=O)CCCCCC2)c1. The first kappa shape index (κ1) is 16.0. The van der Waals surface area contributed by atoms with Gasteiger partial charge in [0.1, 0.15) is 18.6 Å². The number of ether oxygens (including phenoxy) is 1. The molecule has 3 nitrogen and oxygen atoms in total. The number of benzene rings is 1. The van der Waals surface area contributed by atoms with Gasteiger partial charge < -0.3 is 15.3 Å². The third kappa shape index (κ3) is 4.85. The van der Waals surface area contributed by atoms with Crippen molar-refractivity contribution in [2.45, 2.75) is 51.4 Å². The lowest BCUT2D eigenvalue weighted by Crippen LogP contribution is -2.29. The molecule has 1 aliphatic rings. The van der Waals surface area contributed by atoms with E-state index in [0.717, 1.165) is 50.6 Å². The van der Waals surface area contributed by atoms with E-state index in [1.807, 2.05) is 12.1 Å².